The molecule has 0 bridgehead atoms. The molecule has 0 aromatic rings. The van der Waals surface area contributed by atoms with Crippen LogP contribution in [0, 0.1) is 0 Å². The molecule has 0 aliphatic carbocycles. The molecule has 6 nitrogen and oxygen atoms in total. The van der Waals surface area contributed by atoms with Crippen LogP contribution in [0.2, 0.25) is 0 Å². The minimum Gasteiger partial charge on any atom is -0.462 e. The lowest BCUT2D eigenvalue weighted by Gasteiger charge is -2.18. The summed E-state index contributed by atoms with van der Waals surface area (Å²) in [5.74, 6) is -0.994. The molecule has 83 heavy (non-hydrogen) atoms. The number of carbonyl (C=O) groups is 3. The lowest BCUT2D eigenvalue weighted by Crippen LogP contribution is -2.30. The number of allylic oxidation sites excluding steroid dienone is 18. The number of hydrogen-bond acceptors (Lipinski definition) is 6. The van der Waals surface area contributed by atoms with E-state index in [0.29, 0.717) is 19.3 Å². The Morgan fingerprint density at radius 2 is 0.494 bits per heavy atom. The predicted octanol–water partition coefficient (Wildman–Crippen LogP) is 24.6. The summed E-state index contributed by atoms with van der Waals surface area (Å²) in [5.41, 5.74) is 0. The van der Waals surface area contributed by atoms with E-state index in [9.17, 15) is 14.4 Å². The van der Waals surface area contributed by atoms with Gasteiger partial charge in [-0.2, -0.15) is 0 Å². The van der Waals surface area contributed by atoms with E-state index in [1.165, 1.54) is 193 Å². The standard InChI is InChI=1S/C77H132O6/c1-4-7-10-13-16-19-22-25-27-29-31-32-33-34-35-36-37-38-39-40-41-42-43-44-46-47-49-52-55-58-61-64-67-70-76(79)82-73-74(72-81-75(78)69-66-63-60-57-54-51-24-21-18-15-12-9-6-3)83-77(80)71-68-65-62-59-56-53-50-48-45-30-28-26-23-20-17-14-11-8-5-2/h8-9,11-12,17-18,20-21,26,28-29,31,45,48,51,54,60,63,74H,4-7,10,13-16,19,22-25,27,30,32-44,46-47,49-50,52-53,55-59,61-62,64-73H2,1-3H3/b11-8-,12-9-,20-17-,21-18-,28-26-,31-29-,48-45-,54-51-,63-60-. The number of hydrogen-bond donors (Lipinski definition) is 0. The maximum atomic E-state index is 12.9. The van der Waals surface area contributed by atoms with Crippen molar-refractivity contribution in [3.8, 4) is 0 Å². The van der Waals surface area contributed by atoms with Crippen LogP contribution in [0.5, 0.6) is 0 Å². The molecule has 0 amide bonds. The van der Waals surface area contributed by atoms with E-state index in [1.807, 2.05) is 6.08 Å². The second-order valence-corrected chi connectivity index (χ2v) is 23.4. The van der Waals surface area contributed by atoms with Crippen LogP contribution in [-0.4, -0.2) is 37.2 Å². The molecule has 0 aromatic carbocycles. The maximum absolute atomic E-state index is 12.9. The van der Waals surface area contributed by atoms with Gasteiger partial charge < -0.3 is 14.2 Å². The van der Waals surface area contributed by atoms with Gasteiger partial charge in [0.25, 0.3) is 0 Å². The summed E-state index contributed by atoms with van der Waals surface area (Å²) in [6, 6.07) is 0. The highest BCUT2D eigenvalue weighted by molar-refractivity contribution is 5.71. The quantitative estimate of drug-likeness (QED) is 0.0261. The highest BCUT2D eigenvalue weighted by atomic mass is 16.6. The van der Waals surface area contributed by atoms with E-state index in [0.717, 1.165) is 103 Å². The molecular formula is C77H132O6. The van der Waals surface area contributed by atoms with E-state index in [1.54, 1.807) is 0 Å². The van der Waals surface area contributed by atoms with Crippen molar-refractivity contribution in [1.82, 2.24) is 0 Å². The topological polar surface area (TPSA) is 78.9 Å². The molecule has 476 valence electrons. The Morgan fingerprint density at radius 1 is 0.253 bits per heavy atom. The van der Waals surface area contributed by atoms with Crippen LogP contribution in [-0.2, 0) is 28.6 Å². The first-order valence-electron chi connectivity index (χ1n) is 35.4. The number of ether oxygens (including phenoxy) is 3. The fraction of sp³-hybridized carbons (Fsp3) is 0.727. The zero-order chi connectivity index (χ0) is 59.9. The molecule has 0 rings (SSSR count). The molecule has 0 saturated heterocycles. The van der Waals surface area contributed by atoms with E-state index in [4.69, 9.17) is 14.2 Å². The van der Waals surface area contributed by atoms with Gasteiger partial charge in [0.2, 0.25) is 0 Å². The summed E-state index contributed by atoms with van der Waals surface area (Å²) < 4.78 is 16.9. The first kappa shape index (κ1) is 79.1. The van der Waals surface area contributed by atoms with Crippen LogP contribution < -0.4 is 0 Å². The van der Waals surface area contributed by atoms with E-state index in [-0.39, 0.29) is 37.5 Å². The second kappa shape index (κ2) is 70.6. The van der Waals surface area contributed by atoms with Crippen LogP contribution in [0.25, 0.3) is 0 Å². The highest BCUT2D eigenvalue weighted by Gasteiger charge is 2.19. The van der Waals surface area contributed by atoms with Gasteiger partial charge in [-0.25, -0.2) is 0 Å². The normalized spacial score (nSPS) is 12.8. The van der Waals surface area contributed by atoms with Gasteiger partial charge in [0.15, 0.2) is 6.10 Å². The predicted molar refractivity (Wildman–Crippen MR) is 362 cm³/mol. The monoisotopic (exact) mass is 1150 g/mol. The van der Waals surface area contributed by atoms with Crippen LogP contribution in [0.3, 0.4) is 0 Å². The molecule has 0 radical (unpaired) electrons. The molecule has 0 aliphatic rings. The first-order chi connectivity index (χ1) is 41.0. The van der Waals surface area contributed by atoms with Crippen molar-refractivity contribution < 1.29 is 28.6 Å². The molecule has 1 atom stereocenters. The third-order valence-corrected chi connectivity index (χ3v) is 15.3. The first-order valence-corrected chi connectivity index (χ1v) is 35.4. The fourth-order valence-corrected chi connectivity index (χ4v) is 10.0. The van der Waals surface area contributed by atoms with Gasteiger partial charge in [-0.05, 0) is 109 Å². The van der Waals surface area contributed by atoms with Crippen molar-refractivity contribution in [2.45, 2.75) is 348 Å². The minimum atomic E-state index is -0.817. The van der Waals surface area contributed by atoms with Crippen molar-refractivity contribution in [3.63, 3.8) is 0 Å². The van der Waals surface area contributed by atoms with E-state index >= 15 is 0 Å². The smallest absolute Gasteiger partial charge is 0.306 e. The van der Waals surface area contributed by atoms with Gasteiger partial charge >= 0.3 is 17.9 Å². The largest absolute Gasteiger partial charge is 0.462 e. The molecule has 0 aromatic heterocycles. The van der Waals surface area contributed by atoms with Gasteiger partial charge in [-0.3, -0.25) is 14.4 Å². The Balaban J connectivity index is 4.20. The lowest BCUT2D eigenvalue weighted by molar-refractivity contribution is -0.166. The molecule has 0 heterocycles. The Bertz CT molecular complexity index is 1660. The summed E-state index contributed by atoms with van der Waals surface area (Å²) in [5, 5.41) is 0. The van der Waals surface area contributed by atoms with Gasteiger partial charge in [0.1, 0.15) is 13.2 Å². The van der Waals surface area contributed by atoms with Crippen molar-refractivity contribution in [1.29, 1.82) is 0 Å². The average molecular weight is 1150 g/mol. The van der Waals surface area contributed by atoms with Crippen molar-refractivity contribution in [2.24, 2.45) is 0 Å². The summed E-state index contributed by atoms with van der Waals surface area (Å²) in [6.07, 6.45) is 97.3. The maximum Gasteiger partial charge on any atom is 0.306 e. The van der Waals surface area contributed by atoms with Crippen LogP contribution in [0.1, 0.15) is 342 Å². The van der Waals surface area contributed by atoms with Crippen LogP contribution >= 0.6 is 0 Å². The Hall–Kier alpha value is -3.93. The van der Waals surface area contributed by atoms with Crippen molar-refractivity contribution >= 4 is 17.9 Å². The third kappa shape index (κ3) is 68.7. The summed E-state index contributed by atoms with van der Waals surface area (Å²) in [4.78, 5) is 38.3. The Morgan fingerprint density at radius 3 is 0.819 bits per heavy atom. The van der Waals surface area contributed by atoms with Crippen molar-refractivity contribution in [2.75, 3.05) is 13.2 Å². The zero-order valence-corrected chi connectivity index (χ0v) is 54.7. The summed E-state index contributed by atoms with van der Waals surface area (Å²) in [6.45, 7) is 6.37. The van der Waals surface area contributed by atoms with Gasteiger partial charge in [0.05, 0.1) is 0 Å². The number of carbonyl (C=O) groups excluding carboxylic acids is 3. The minimum absolute atomic E-state index is 0.105. The molecule has 0 fully saturated rings. The average Bonchev–Trinajstić information content (AvgIpc) is 3.49. The number of rotatable bonds is 64. The Kier molecular flexibility index (Phi) is 67.2. The molecular weight excluding hydrogens is 1020 g/mol. The second-order valence-electron chi connectivity index (χ2n) is 23.4. The van der Waals surface area contributed by atoms with Crippen LogP contribution in [0.4, 0.5) is 0 Å². The molecule has 0 spiro atoms. The summed E-state index contributed by atoms with van der Waals surface area (Å²) >= 11 is 0. The van der Waals surface area contributed by atoms with E-state index in [2.05, 4.69) is 124 Å². The van der Waals surface area contributed by atoms with E-state index < -0.39 is 6.10 Å². The molecule has 6 heteroatoms. The highest BCUT2D eigenvalue weighted by Crippen LogP contribution is 2.17. The lowest BCUT2D eigenvalue weighted by atomic mass is 10.0. The van der Waals surface area contributed by atoms with Crippen LogP contribution in [0.15, 0.2) is 109 Å². The van der Waals surface area contributed by atoms with Crippen molar-refractivity contribution in [3.05, 3.63) is 109 Å². The molecule has 0 saturated carbocycles. The van der Waals surface area contributed by atoms with Gasteiger partial charge in [-0.15, -0.1) is 0 Å². The third-order valence-electron chi connectivity index (χ3n) is 15.3. The number of unbranched alkanes of at least 4 members (excludes halogenated alkanes) is 35. The van der Waals surface area contributed by atoms with Gasteiger partial charge in [0, 0.05) is 19.3 Å². The molecule has 0 N–H and O–H groups in total. The van der Waals surface area contributed by atoms with Gasteiger partial charge in [-0.1, -0.05) is 323 Å². The Labute approximate surface area is 514 Å². The SMILES string of the molecule is CC/C=C\C/C=C\C/C=C\C/C=C\CCCCCCCCC(=O)OC(COC(=O)CC/C=C\C/C=C\C/C=C\C/C=C\CC)COC(=O)CCCCCCCCCCCCCCCCCCCCCCC/C=C\CCCCCCCCCC. The fourth-order valence-electron chi connectivity index (χ4n) is 10.0. The molecule has 0 aliphatic heterocycles. The number of esters is 3. The zero-order valence-electron chi connectivity index (χ0n) is 54.7. The summed E-state index contributed by atoms with van der Waals surface area (Å²) in [7, 11) is 0. The molecule has 1 unspecified atom stereocenters.